The molecule has 0 radical (unpaired) electrons. The second-order valence-electron chi connectivity index (χ2n) is 6.67. The summed E-state index contributed by atoms with van der Waals surface area (Å²) in [6.45, 7) is 13.4. The Kier molecular flexibility index (Phi) is 4.29. The number of hydrogen-bond donors (Lipinski definition) is 0. The zero-order chi connectivity index (χ0) is 13.1. The summed E-state index contributed by atoms with van der Waals surface area (Å²) in [4.78, 5) is 9.12. The number of rotatable bonds is 4. The Morgan fingerprint density at radius 2 is 1.76 bits per heavy atom. The SMILES string of the molecule is CCC(C)(C)c1nccc(CCC(C)(C)C)n1. The summed E-state index contributed by atoms with van der Waals surface area (Å²) >= 11 is 0. The van der Waals surface area contributed by atoms with E-state index in [1.54, 1.807) is 0 Å². The molecule has 0 saturated carbocycles. The van der Waals surface area contributed by atoms with Gasteiger partial charge in [-0.3, -0.25) is 0 Å². The Hall–Kier alpha value is -0.920. The van der Waals surface area contributed by atoms with E-state index in [9.17, 15) is 0 Å². The average Bonchev–Trinajstić information content (AvgIpc) is 2.26. The molecule has 0 bridgehead atoms. The van der Waals surface area contributed by atoms with E-state index in [-0.39, 0.29) is 5.41 Å². The Balaban J connectivity index is 2.80. The van der Waals surface area contributed by atoms with Gasteiger partial charge in [-0.05, 0) is 30.7 Å². The van der Waals surface area contributed by atoms with Gasteiger partial charge in [0.05, 0.1) is 0 Å². The highest BCUT2D eigenvalue weighted by atomic mass is 14.9. The van der Waals surface area contributed by atoms with Crippen LogP contribution in [0.2, 0.25) is 0 Å². The van der Waals surface area contributed by atoms with Crippen molar-refractivity contribution in [3.8, 4) is 0 Å². The zero-order valence-electron chi connectivity index (χ0n) is 12.2. The van der Waals surface area contributed by atoms with Crippen LogP contribution in [-0.4, -0.2) is 9.97 Å². The van der Waals surface area contributed by atoms with Crippen LogP contribution in [0, 0.1) is 5.41 Å². The first-order valence-corrected chi connectivity index (χ1v) is 6.57. The standard InChI is InChI=1S/C15H26N2/c1-7-15(5,6)13-16-11-9-12(17-13)8-10-14(2,3)4/h9,11H,7-8,10H2,1-6H3. The molecule has 0 spiro atoms. The molecule has 96 valence electrons. The van der Waals surface area contributed by atoms with Gasteiger partial charge in [0, 0.05) is 17.3 Å². The molecule has 1 heterocycles. The minimum Gasteiger partial charge on any atom is -0.241 e. The molecule has 2 heteroatoms. The summed E-state index contributed by atoms with van der Waals surface area (Å²) in [5, 5.41) is 0. The second kappa shape index (κ2) is 5.16. The van der Waals surface area contributed by atoms with Crippen LogP contribution in [-0.2, 0) is 11.8 Å². The lowest BCUT2D eigenvalue weighted by Gasteiger charge is -2.22. The summed E-state index contributed by atoms with van der Waals surface area (Å²) in [6.07, 6.45) is 5.17. The van der Waals surface area contributed by atoms with Crippen LogP contribution in [0.4, 0.5) is 0 Å². The summed E-state index contributed by atoms with van der Waals surface area (Å²) in [7, 11) is 0. The van der Waals surface area contributed by atoms with Gasteiger partial charge in [-0.1, -0.05) is 41.5 Å². The number of nitrogens with zero attached hydrogens (tertiary/aromatic N) is 2. The second-order valence-corrected chi connectivity index (χ2v) is 6.67. The lowest BCUT2D eigenvalue weighted by Crippen LogP contribution is -2.20. The highest BCUT2D eigenvalue weighted by molar-refractivity contribution is 5.09. The monoisotopic (exact) mass is 234 g/mol. The summed E-state index contributed by atoms with van der Waals surface area (Å²) < 4.78 is 0. The molecule has 1 aromatic rings. The molecule has 0 atom stereocenters. The van der Waals surface area contributed by atoms with Gasteiger partial charge in [-0.2, -0.15) is 0 Å². The molecule has 1 rings (SSSR count). The van der Waals surface area contributed by atoms with Crippen LogP contribution in [0.1, 0.15) is 65.9 Å². The first-order valence-electron chi connectivity index (χ1n) is 6.57. The lowest BCUT2D eigenvalue weighted by molar-refractivity contribution is 0.375. The van der Waals surface area contributed by atoms with Crippen LogP contribution >= 0.6 is 0 Å². The normalized spacial score (nSPS) is 12.8. The van der Waals surface area contributed by atoms with Crippen LogP contribution in [0.3, 0.4) is 0 Å². The van der Waals surface area contributed by atoms with E-state index in [2.05, 4.69) is 46.5 Å². The van der Waals surface area contributed by atoms with E-state index in [1.807, 2.05) is 12.3 Å². The van der Waals surface area contributed by atoms with Gasteiger partial charge in [-0.25, -0.2) is 9.97 Å². The summed E-state index contributed by atoms with van der Waals surface area (Å²) in [5.41, 5.74) is 1.62. The maximum absolute atomic E-state index is 4.71. The molecule has 2 nitrogen and oxygen atoms in total. The van der Waals surface area contributed by atoms with E-state index in [0.717, 1.165) is 25.1 Å². The van der Waals surface area contributed by atoms with E-state index in [0.29, 0.717) is 5.41 Å². The molecule has 17 heavy (non-hydrogen) atoms. The predicted molar refractivity (Wildman–Crippen MR) is 73.1 cm³/mol. The maximum atomic E-state index is 4.71. The third-order valence-electron chi connectivity index (χ3n) is 3.33. The minimum absolute atomic E-state index is 0.0811. The van der Waals surface area contributed by atoms with E-state index in [4.69, 9.17) is 4.98 Å². The minimum atomic E-state index is 0.0811. The quantitative estimate of drug-likeness (QED) is 0.782. The third-order valence-corrected chi connectivity index (χ3v) is 3.33. The third kappa shape index (κ3) is 4.45. The molecule has 0 unspecified atom stereocenters. The highest BCUT2D eigenvalue weighted by Gasteiger charge is 2.21. The zero-order valence-corrected chi connectivity index (χ0v) is 12.2. The molecular formula is C15H26N2. The van der Waals surface area contributed by atoms with Crippen molar-refractivity contribution < 1.29 is 0 Å². The van der Waals surface area contributed by atoms with Crippen LogP contribution in [0.25, 0.3) is 0 Å². The largest absolute Gasteiger partial charge is 0.241 e. The fourth-order valence-electron chi connectivity index (χ4n) is 1.52. The van der Waals surface area contributed by atoms with Crippen molar-refractivity contribution in [3.05, 3.63) is 23.8 Å². The van der Waals surface area contributed by atoms with Gasteiger partial charge in [0.1, 0.15) is 5.82 Å². The average molecular weight is 234 g/mol. The molecule has 1 aromatic heterocycles. The van der Waals surface area contributed by atoms with Crippen LogP contribution < -0.4 is 0 Å². The van der Waals surface area contributed by atoms with Crippen molar-refractivity contribution >= 4 is 0 Å². The molecule has 0 aliphatic heterocycles. The molecule has 0 fully saturated rings. The van der Waals surface area contributed by atoms with Gasteiger partial charge in [0.2, 0.25) is 0 Å². The molecule has 0 aliphatic rings. The van der Waals surface area contributed by atoms with E-state index < -0.39 is 0 Å². The van der Waals surface area contributed by atoms with Crippen molar-refractivity contribution in [2.75, 3.05) is 0 Å². The van der Waals surface area contributed by atoms with Crippen molar-refractivity contribution in [2.45, 2.75) is 66.2 Å². The summed E-state index contributed by atoms with van der Waals surface area (Å²) in [6, 6.07) is 2.04. The Labute approximate surface area is 106 Å². The lowest BCUT2D eigenvalue weighted by atomic mass is 9.88. The fraction of sp³-hybridized carbons (Fsp3) is 0.733. The summed E-state index contributed by atoms with van der Waals surface area (Å²) in [5.74, 6) is 0.978. The van der Waals surface area contributed by atoms with Gasteiger partial charge >= 0.3 is 0 Å². The molecule has 0 saturated heterocycles. The number of aryl methyl sites for hydroxylation is 1. The molecule has 0 amide bonds. The smallest absolute Gasteiger partial charge is 0.134 e. The predicted octanol–water partition coefficient (Wildman–Crippen LogP) is 4.14. The Morgan fingerprint density at radius 3 is 2.29 bits per heavy atom. The van der Waals surface area contributed by atoms with Gasteiger partial charge < -0.3 is 0 Å². The Morgan fingerprint density at radius 1 is 1.12 bits per heavy atom. The van der Waals surface area contributed by atoms with E-state index >= 15 is 0 Å². The van der Waals surface area contributed by atoms with Crippen LogP contribution in [0.15, 0.2) is 12.3 Å². The van der Waals surface area contributed by atoms with Crippen molar-refractivity contribution in [1.82, 2.24) is 9.97 Å². The van der Waals surface area contributed by atoms with Gasteiger partial charge in [0.15, 0.2) is 0 Å². The number of hydrogen-bond acceptors (Lipinski definition) is 2. The topological polar surface area (TPSA) is 25.8 Å². The molecule has 0 aromatic carbocycles. The maximum Gasteiger partial charge on any atom is 0.134 e. The van der Waals surface area contributed by atoms with Crippen LogP contribution in [0.5, 0.6) is 0 Å². The molecular weight excluding hydrogens is 208 g/mol. The molecule has 0 aliphatic carbocycles. The Bertz CT molecular complexity index is 361. The van der Waals surface area contributed by atoms with Crippen molar-refractivity contribution in [1.29, 1.82) is 0 Å². The fourth-order valence-corrected chi connectivity index (χ4v) is 1.52. The number of aromatic nitrogens is 2. The van der Waals surface area contributed by atoms with Gasteiger partial charge in [-0.15, -0.1) is 0 Å². The van der Waals surface area contributed by atoms with Gasteiger partial charge in [0.25, 0.3) is 0 Å². The van der Waals surface area contributed by atoms with Crippen molar-refractivity contribution in [3.63, 3.8) is 0 Å². The first-order chi connectivity index (χ1) is 7.74. The highest BCUT2D eigenvalue weighted by Crippen LogP contribution is 2.24. The first kappa shape index (κ1) is 14.1. The molecule has 0 N–H and O–H groups in total. The van der Waals surface area contributed by atoms with Crippen molar-refractivity contribution in [2.24, 2.45) is 5.41 Å². The van der Waals surface area contributed by atoms with E-state index in [1.165, 1.54) is 5.69 Å².